The van der Waals surface area contributed by atoms with Gasteiger partial charge in [-0.2, -0.15) is 0 Å². The molecule has 0 bridgehead atoms. The number of pyridine rings is 1. The molecule has 0 aliphatic rings. The van der Waals surface area contributed by atoms with E-state index in [-0.39, 0.29) is 5.75 Å². The van der Waals surface area contributed by atoms with Gasteiger partial charge in [0.1, 0.15) is 5.75 Å². The number of hydrogen-bond donors (Lipinski definition) is 1. The van der Waals surface area contributed by atoms with Crippen LogP contribution in [0.3, 0.4) is 0 Å². The SMILES string of the molecule is Oc1cccc(Sc2ccnc3cc(Cl)ccc23)c1. The third kappa shape index (κ3) is 2.67. The van der Waals surface area contributed by atoms with Crippen molar-refractivity contribution in [1.82, 2.24) is 4.98 Å². The Labute approximate surface area is 120 Å². The fraction of sp³-hybridized carbons (Fsp3) is 0. The van der Waals surface area contributed by atoms with E-state index in [0.717, 1.165) is 20.7 Å². The van der Waals surface area contributed by atoms with Gasteiger partial charge in [-0.25, -0.2) is 0 Å². The first-order chi connectivity index (χ1) is 9.22. The zero-order valence-electron chi connectivity index (χ0n) is 9.88. The molecule has 2 nitrogen and oxygen atoms in total. The second-order valence-electron chi connectivity index (χ2n) is 4.07. The number of rotatable bonds is 2. The maximum absolute atomic E-state index is 9.50. The molecule has 19 heavy (non-hydrogen) atoms. The number of halogens is 1. The molecule has 0 aliphatic heterocycles. The highest BCUT2D eigenvalue weighted by Gasteiger charge is 2.05. The molecule has 0 spiro atoms. The average Bonchev–Trinajstić information content (AvgIpc) is 2.38. The summed E-state index contributed by atoms with van der Waals surface area (Å²) >= 11 is 7.57. The van der Waals surface area contributed by atoms with Crippen molar-refractivity contribution >= 4 is 34.3 Å². The number of phenolic OH excluding ortho intramolecular Hbond substituents is 1. The molecule has 0 unspecified atom stereocenters. The summed E-state index contributed by atoms with van der Waals surface area (Å²) in [5.41, 5.74) is 0.873. The van der Waals surface area contributed by atoms with Crippen molar-refractivity contribution < 1.29 is 5.11 Å². The van der Waals surface area contributed by atoms with Crippen molar-refractivity contribution in [3.63, 3.8) is 0 Å². The Bertz CT molecular complexity index is 745. The Balaban J connectivity index is 2.06. The van der Waals surface area contributed by atoms with Gasteiger partial charge in [0.2, 0.25) is 0 Å². The molecule has 0 atom stereocenters. The number of benzene rings is 2. The molecular weight excluding hydrogens is 278 g/mol. The maximum Gasteiger partial charge on any atom is 0.116 e. The molecule has 2 aromatic carbocycles. The zero-order chi connectivity index (χ0) is 13.2. The van der Waals surface area contributed by atoms with Crippen LogP contribution in [-0.4, -0.2) is 10.1 Å². The number of hydrogen-bond acceptors (Lipinski definition) is 3. The van der Waals surface area contributed by atoms with Gasteiger partial charge in [-0.05, 0) is 36.4 Å². The highest BCUT2D eigenvalue weighted by atomic mass is 35.5. The van der Waals surface area contributed by atoms with Crippen LogP contribution in [0.25, 0.3) is 10.9 Å². The molecule has 0 saturated carbocycles. The first kappa shape index (κ1) is 12.3. The van der Waals surface area contributed by atoms with Crippen molar-refractivity contribution in [2.24, 2.45) is 0 Å². The predicted molar refractivity (Wildman–Crippen MR) is 79.0 cm³/mol. The summed E-state index contributed by atoms with van der Waals surface area (Å²) in [6.07, 6.45) is 1.77. The Morgan fingerprint density at radius 2 is 1.95 bits per heavy atom. The quantitative estimate of drug-likeness (QED) is 0.739. The molecule has 1 aromatic heterocycles. The lowest BCUT2D eigenvalue weighted by Gasteiger charge is -2.06. The van der Waals surface area contributed by atoms with Crippen LogP contribution in [0.2, 0.25) is 5.02 Å². The second kappa shape index (κ2) is 5.11. The van der Waals surface area contributed by atoms with Gasteiger partial charge in [0.15, 0.2) is 0 Å². The van der Waals surface area contributed by atoms with Crippen molar-refractivity contribution in [1.29, 1.82) is 0 Å². The van der Waals surface area contributed by atoms with Gasteiger partial charge in [-0.3, -0.25) is 4.98 Å². The van der Waals surface area contributed by atoms with Crippen LogP contribution in [0, 0.1) is 0 Å². The summed E-state index contributed by atoms with van der Waals surface area (Å²) in [4.78, 5) is 6.39. The topological polar surface area (TPSA) is 33.1 Å². The monoisotopic (exact) mass is 287 g/mol. The first-order valence-electron chi connectivity index (χ1n) is 5.73. The minimum Gasteiger partial charge on any atom is -0.508 e. The number of fused-ring (bicyclic) bond motifs is 1. The third-order valence-electron chi connectivity index (χ3n) is 2.71. The van der Waals surface area contributed by atoms with Gasteiger partial charge >= 0.3 is 0 Å². The second-order valence-corrected chi connectivity index (χ2v) is 5.62. The van der Waals surface area contributed by atoms with Gasteiger partial charge < -0.3 is 5.11 Å². The lowest BCUT2D eigenvalue weighted by Crippen LogP contribution is -1.82. The molecule has 4 heteroatoms. The van der Waals surface area contributed by atoms with E-state index in [0.29, 0.717) is 5.02 Å². The van der Waals surface area contributed by atoms with Crippen LogP contribution < -0.4 is 0 Å². The van der Waals surface area contributed by atoms with Gasteiger partial charge in [0.25, 0.3) is 0 Å². The summed E-state index contributed by atoms with van der Waals surface area (Å²) < 4.78 is 0. The summed E-state index contributed by atoms with van der Waals surface area (Å²) in [6.45, 7) is 0. The molecule has 3 aromatic rings. The Morgan fingerprint density at radius 1 is 1.05 bits per heavy atom. The fourth-order valence-corrected chi connectivity index (χ4v) is 3.02. The first-order valence-corrected chi connectivity index (χ1v) is 6.93. The Kier molecular flexibility index (Phi) is 3.32. The molecule has 0 amide bonds. The van der Waals surface area contributed by atoms with E-state index in [1.54, 1.807) is 30.1 Å². The molecule has 1 N–H and O–H groups in total. The van der Waals surface area contributed by atoms with Crippen molar-refractivity contribution in [3.8, 4) is 5.75 Å². The number of phenols is 1. The Hall–Kier alpha value is -1.71. The van der Waals surface area contributed by atoms with Crippen LogP contribution in [-0.2, 0) is 0 Å². The zero-order valence-corrected chi connectivity index (χ0v) is 11.4. The minimum atomic E-state index is 0.270. The van der Waals surface area contributed by atoms with E-state index in [9.17, 15) is 5.11 Å². The standard InChI is InChI=1S/C15H10ClNOS/c16-10-4-5-13-14(8-10)17-7-6-15(13)19-12-3-1-2-11(18)9-12/h1-9,18H. The largest absolute Gasteiger partial charge is 0.508 e. The predicted octanol–water partition coefficient (Wildman–Crippen LogP) is 4.75. The van der Waals surface area contributed by atoms with Crippen LogP contribution >= 0.6 is 23.4 Å². The molecule has 0 aliphatic carbocycles. The maximum atomic E-state index is 9.50. The van der Waals surface area contributed by atoms with Gasteiger partial charge in [-0.1, -0.05) is 35.5 Å². The molecule has 0 fully saturated rings. The normalized spacial score (nSPS) is 10.8. The summed E-state index contributed by atoms with van der Waals surface area (Å²) in [6, 6.07) is 14.8. The van der Waals surface area contributed by atoms with E-state index in [1.165, 1.54) is 0 Å². The third-order valence-corrected chi connectivity index (χ3v) is 4.01. The summed E-state index contributed by atoms with van der Waals surface area (Å²) in [5.74, 6) is 0.270. The van der Waals surface area contributed by atoms with Gasteiger partial charge in [0, 0.05) is 26.4 Å². The van der Waals surface area contributed by atoms with E-state index >= 15 is 0 Å². The highest BCUT2D eigenvalue weighted by molar-refractivity contribution is 7.99. The molecule has 1 heterocycles. The van der Waals surface area contributed by atoms with Crippen LogP contribution in [0.4, 0.5) is 0 Å². The highest BCUT2D eigenvalue weighted by Crippen LogP contribution is 2.34. The van der Waals surface area contributed by atoms with Crippen LogP contribution in [0.1, 0.15) is 0 Å². The summed E-state index contributed by atoms with van der Waals surface area (Å²) in [7, 11) is 0. The molecule has 3 rings (SSSR count). The Morgan fingerprint density at radius 3 is 2.79 bits per heavy atom. The lowest BCUT2D eigenvalue weighted by atomic mass is 10.2. The lowest BCUT2D eigenvalue weighted by molar-refractivity contribution is 0.474. The van der Waals surface area contributed by atoms with E-state index in [4.69, 9.17) is 11.6 Å². The smallest absolute Gasteiger partial charge is 0.116 e. The molecule has 0 saturated heterocycles. The van der Waals surface area contributed by atoms with E-state index in [1.807, 2.05) is 36.4 Å². The summed E-state index contributed by atoms with van der Waals surface area (Å²) in [5, 5.41) is 11.2. The van der Waals surface area contributed by atoms with Gasteiger partial charge in [0.05, 0.1) is 5.52 Å². The van der Waals surface area contributed by atoms with E-state index < -0.39 is 0 Å². The number of aromatic hydroxyl groups is 1. The van der Waals surface area contributed by atoms with Gasteiger partial charge in [-0.15, -0.1) is 0 Å². The average molecular weight is 288 g/mol. The van der Waals surface area contributed by atoms with Crippen molar-refractivity contribution in [2.45, 2.75) is 9.79 Å². The number of nitrogens with zero attached hydrogens (tertiary/aromatic N) is 1. The molecule has 94 valence electrons. The molecule has 0 radical (unpaired) electrons. The van der Waals surface area contributed by atoms with E-state index in [2.05, 4.69) is 4.98 Å². The fourth-order valence-electron chi connectivity index (χ4n) is 1.86. The van der Waals surface area contributed by atoms with Crippen molar-refractivity contribution in [3.05, 3.63) is 59.8 Å². The minimum absolute atomic E-state index is 0.270. The van der Waals surface area contributed by atoms with Crippen molar-refractivity contribution in [2.75, 3.05) is 0 Å². The number of aromatic nitrogens is 1. The van der Waals surface area contributed by atoms with Crippen LogP contribution in [0.5, 0.6) is 5.75 Å². The molecular formula is C15H10ClNOS. The van der Waals surface area contributed by atoms with Crippen LogP contribution in [0.15, 0.2) is 64.5 Å².